The first-order valence-corrected chi connectivity index (χ1v) is 15.1. The summed E-state index contributed by atoms with van der Waals surface area (Å²) in [6.45, 7) is 0. The van der Waals surface area contributed by atoms with Crippen molar-refractivity contribution >= 4 is 54.0 Å². The van der Waals surface area contributed by atoms with Gasteiger partial charge in [-0.3, -0.25) is 4.98 Å². The summed E-state index contributed by atoms with van der Waals surface area (Å²) in [5.74, 6) is 0. The molecule has 8 aromatic carbocycles. The quantitative estimate of drug-likeness (QED) is 0.155. The van der Waals surface area contributed by atoms with Crippen molar-refractivity contribution in [1.29, 1.82) is 0 Å². The summed E-state index contributed by atoms with van der Waals surface area (Å²) in [4.78, 5) is 4.98. The van der Waals surface area contributed by atoms with Crippen molar-refractivity contribution < 1.29 is 0 Å². The SMILES string of the molecule is c1ccc2cc(-c3ccc(-c4c5ccccc5c(-c5ccc6ccccc6c5)c5c4cnc4ccccc45)cc3)ccc2c1. The van der Waals surface area contributed by atoms with Gasteiger partial charge in [0, 0.05) is 22.4 Å². The first-order chi connectivity index (χ1) is 21.8. The normalized spacial score (nSPS) is 11.6. The standard InChI is InChI=1S/C43H27N/c1-3-11-32-25-34(23-19-28(32)9-1)30-17-21-31(22-18-30)41-36-13-5-6-14-37(36)42(35-24-20-29-10-2-4-12-33(29)26-35)43-38-15-7-8-16-40(38)44-27-39(41)43/h1-27H. The van der Waals surface area contributed by atoms with Gasteiger partial charge in [0.1, 0.15) is 0 Å². The van der Waals surface area contributed by atoms with Gasteiger partial charge in [0.15, 0.2) is 0 Å². The zero-order valence-corrected chi connectivity index (χ0v) is 24.0. The summed E-state index contributed by atoms with van der Waals surface area (Å²) in [5.41, 5.74) is 8.35. The number of benzene rings is 8. The topological polar surface area (TPSA) is 12.9 Å². The lowest BCUT2D eigenvalue weighted by molar-refractivity contribution is 1.45. The summed E-state index contributed by atoms with van der Waals surface area (Å²) in [7, 11) is 0. The fourth-order valence-corrected chi connectivity index (χ4v) is 6.95. The Morgan fingerprint density at radius 3 is 1.52 bits per heavy atom. The molecular weight excluding hydrogens is 530 g/mol. The second kappa shape index (κ2) is 9.90. The third-order valence-corrected chi connectivity index (χ3v) is 9.06. The van der Waals surface area contributed by atoms with Crippen molar-refractivity contribution in [2.24, 2.45) is 0 Å². The molecule has 9 aromatic rings. The highest BCUT2D eigenvalue weighted by molar-refractivity contribution is 6.27. The van der Waals surface area contributed by atoms with Crippen molar-refractivity contribution in [3.8, 4) is 33.4 Å². The van der Waals surface area contributed by atoms with Crippen molar-refractivity contribution in [1.82, 2.24) is 4.98 Å². The zero-order valence-electron chi connectivity index (χ0n) is 24.0. The van der Waals surface area contributed by atoms with Crippen LogP contribution in [-0.4, -0.2) is 4.98 Å². The number of rotatable bonds is 3. The van der Waals surface area contributed by atoms with Gasteiger partial charge in [0.05, 0.1) is 5.52 Å². The molecule has 1 nitrogen and oxygen atoms in total. The predicted molar refractivity (Wildman–Crippen MR) is 188 cm³/mol. The van der Waals surface area contributed by atoms with Gasteiger partial charge in [-0.2, -0.15) is 0 Å². The van der Waals surface area contributed by atoms with Crippen LogP contribution in [0.25, 0.3) is 87.4 Å². The Kier molecular flexibility index (Phi) is 5.57. The van der Waals surface area contributed by atoms with Crippen LogP contribution in [0.5, 0.6) is 0 Å². The van der Waals surface area contributed by atoms with Crippen LogP contribution in [0, 0.1) is 0 Å². The van der Waals surface area contributed by atoms with E-state index in [4.69, 9.17) is 4.98 Å². The van der Waals surface area contributed by atoms with Crippen LogP contribution in [-0.2, 0) is 0 Å². The highest BCUT2D eigenvalue weighted by Crippen LogP contribution is 2.46. The van der Waals surface area contributed by atoms with Gasteiger partial charge < -0.3 is 0 Å². The number of hydrogen-bond donors (Lipinski definition) is 0. The Hall–Kier alpha value is -5.79. The largest absolute Gasteiger partial charge is 0.256 e. The molecular formula is C43H27N. The molecule has 0 aliphatic carbocycles. The van der Waals surface area contributed by atoms with Crippen molar-refractivity contribution in [2.75, 3.05) is 0 Å². The molecule has 0 fully saturated rings. The van der Waals surface area contributed by atoms with E-state index in [2.05, 4.69) is 164 Å². The Balaban J connectivity index is 1.32. The van der Waals surface area contributed by atoms with Crippen LogP contribution < -0.4 is 0 Å². The molecule has 9 rings (SSSR count). The Morgan fingerprint density at radius 1 is 0.318 bits per heavy atom. The summed E-state index contributed by atoms with van der Waals surface area (Å²) < 4.78 is 0. The Morgan fingerprint density at radius 2 is 0.818 bits per heavy atom. The third kappa shape index (κ3) is 3.91. The lowest BCUT2D eigenvalue weighted by Gasteiger charge is -2.19. The number of para-hydroxylation sites is 1. The van der Waals surface area contributed by atoms with Gasteiger partial charge in [-0.15, -0.1) is 0 Å². The number of hydrogen-bond acceptors (Lipinski definition) is 1. The first-order valence-electron chi connectivity index (χ1n) is 15.1. The summed E-state index contributed by atoms with van der Waals surface area (Å²) in [6.07, 6.45) is 2.08. The van der Waals surface area contributed by atoms with E-state index in [9.17, 15) is 0 Å². The molecule has 0 unspecified atom stereocenters. The van der Waals surface area contributed by atoms with E-state index >= 15 is 0 Å². The van der Waals surface area contributed by atoms with E-state index < -0.39 is 0 Å². The van der Waals surface area contributed by atoms with E-state index in [-0.39, 0.29) is 0 Å². The number of fused-ring (bicyclic) bond motifs is 6. The lowest BCUT2D eigenvalue weighted by atomic mass is 9.84. The molecule has 0 spiro atoms. The molecule has 0 N–H and O–H groups in total. The second-order valence-corrected chi connectivity index (χ2v) is 11.6. The third-order valence-electron chi connectivity index (χ3n) is 9.06. The molecule has 1 aromatic heterocycles. The summed E-state index contributed by atoms with van der Waals surface area (Å²) in [5, 5.41) is 11.1. The predicted octanol–water partition coefficient (Wildman–Crippen LogP) is 11.8. The van der Waals surface area contributed by atoms with E-state index in [1.165, 1.54) is 81.9 Å². The van der Waals surface area contributed by atoms with Gasteiger partial charge in [0.2, 0.25) is 0 Å². The molecule has 204 valence electrons. The Labute approximate surface area is 255 Å². The monoisotopic (exact) mass is 557 g/mol. The van der Waals surface area contributed by atoms with E-state index in [1.807, 2.05) is 0 Å². The average molecular weight is 558 g/mol. The van der Waals surface area contributed by atoms with E-state index in [1.54, 1.807) is 0 Å². The van der Waals surface area contributed by atoms with Gasteiger partial charge in [0.25, 0.3) is 0 Å². The summed E-state index contributed by atoms with van der Waals surface area (Å²) in [6, 6.07) is 57.2. The summed E-state index contributed by atoms with van der Waals surface area (Å²) >= 11 is 0. The molecule has 0 aliphatic rings. The highest BCUT2D eigenvalue weighted by Gasteiger charge is 2.19. The number of nitrogens with zero attached hydrogens (tertiary/aromatic N) is 1. The van der Waals surface area contributed by atoms with Crippen LogP contribution in [0.1, 0.15) is 0 Å². The molecule has 0 saturated heterocycles. The molecule has 0 amide bonds. The lowest BCUT2D eigenvalue weighted by Crippen LogP contribution is -1.93. The maximum atomic E-state index is 4.98. The number of pyridine rings is 1. The minimum absolute atomic E-state index is 1.01. The maximum absolute atomic E-state index is 4.98. The highest BCUT2D eigenvalue weighted by atomic mass is 14.6. The second-order valence-electron chi connectivity index (χ2n) is 11.6. The molecule has 0 aliphatic heterocycles. The van der Waals surface area contributed by atoms with Gasteiger partial charge in [-0.25, -0.2) is 0 Å². The van der Waals surface area contributed by atoms with E-state index in [0.717, 1.165) is 5.52 Å². The fraction of sp³-hybridized carbons (Fsp3) is 0. The zero-order chi connectivity index (χ0) is 29.0. The van der Waals surface area contributed by atoms with Crippen LogP contribution in [0.2, 0.25) is 0 Å². The molecule has 0 atom stereocenters. The van der Waals surface area contributed by atoms with Gasteiger partial charge in [-0.1, -0.05) is 140 Å². The average Bonchev–Trinajstić information content (AvgIpc) is 3.10. The molecule has 0 bridgehead atoms. The van der Waals surface area contributed by atoms with Crippen molar-refractivity contribution in [3.05, 3.63) is 164 Å². The maximum Gasteiger partial charge on any atom is 0.0708 e. The smallest absolute Gasteiger partial charge is 0.0708 e. The fourth-order valence-electron chi connectivity index (χ4n) is 6.95. The van der Waals surface area contributed by atoms with E-state index in [0.29, 0.717) is 0 Å². The molecule has 44 heavy (non-hydrogen) atoms. The molecule has 1 heterocycles. The van der Waals surface area contributed by atoms with Gasteiger partial charge >= 0.3 is 0 Å². The van der Waals surface area contributed by atoms with Crippen molar-refractivity contribution in [2.45, 2.75) is 0 Å². The van der Waals surface area contributed by atoms with Crippen LogP contribution in [0.4, 0.5) is 0 Å². The van der Waals surface area contributed by atoms with Crippen molar-refractivity contribution in [3.63, 3.8) is 0 Å². The minimum atomic E-state index is 1.01. The molecule has 1 heteroatoms. The van der Waals surface area contributed by atoms with Crippen LogP contribution in [0.3, 0.4) is 0 Å². The van der Waals surface area contributed by atoms with Crippen LogP contribution in [0.15, 0.2) is 164 Å². The molecule has 0 radical (unpaired) electrons. The minimum Gasteiger partial charge on any atom is -0.256 e. The first kappa shape index (κ1) is 24.8. The Bertz CT molecular complexity index is 2540. The molecule has 0 saturated carbocycles. The van der Waals surface area contributed by atoms with Gasteiger partial charge in [-0.05, 0) is 83.9 Å². The number of aromatic nitrogens is 1. The van der Waals surface area contributed by atoms with Crippen LogP contribution >= 0.6 is 0 Å².